The SMILES string of the molecule is O=S(=O)(c1ccc2c(c1)OCCO2)N1CCC(N(c2ccncn2)C2CC2)CC1. The molecule has 3 heterocycles. The van der Waals surface area contributed by atoms with Gasteiger partial charge >= 0.3 is 0 Å². The van der Waals surface area contributed by atoms with Crippen molar-refractivity contribution in [3.63, 3.8) is 0 Å². The first-order valence-electron chi connectivity index (χ1n) is 10.1. The molecule has 0 spiro atoms. The molecule has 0 atom stereocenters. The van der Waals surface area contributed by atoms with E-state index in [9.17, 15) is 8.42 Å². The molecule has 1 aromatic carbocycles. The number of nitrogens with zero attached hydrogens (tertiary/aromatic N) is 4. The third kappa shape index (κ3) is 3.64. The lowest BCUT2D eigenvalue weighted by Gasteiger charge is -2.39. The van der Waals surface area contributed by atoms with Gasteiger partial charge in [0.15, 0.2) is 11.5 Å². The van der Waals surface area contributed by atoms with E-state index in [1.54, 1.807) is 35.0 Å². The van der Waals surface area contributed by atoms with Crippen LogP contribution in [0.5, 0.6) is 11.5 Å². The molecule has 1 saturated heterocycles. The van der Waals surface area contributed by atoms with Gasteiger partial charge in [0.25, 0.3) is 0 Å². The largest absolute Gasteiger partial charge is 0.486 e. The van der Waals surface area contributed by atoms with E-state index >= 15 is 0 Å². The van der Waals surface area contributed by atoms with E-state index in [2.05, 4.69) is 14.9 Å². The predicted octanol–water partition coefficient (Wildman–Crippen LogP) is 2.07. The van der Waals surface area contributed by atoms with E-state index in [1.165, 1.54) is 12.8 Å². The van der Waals surface area contributed by atoms with Crippen molar-refractivity contribution in [3.8, 4) is 11.5 Å². The Morgan fingerprint density at radius 2 is 1.69 bits per heavy atom. The maximum Gasteiger partial charge on any atom is 0.243 e. The van der Waals surface area contributed by atoms with Crippen molar-refractivity contribution in [2.24, 2.45) is 0 Å². The van der Waals surface area contributed by atoms with Crippen molar-refractivity contribution >= 4 is 15.8 Å². The minimum atomic E-state index is -3.56. The summed E-state index contributed by atoms with van der Waals surface area (Å²) < 4.78 is 39.0. The molecule has 9 heteroatoms. The first kappa shape index (κ1) is 18.6. The highest BCUT2D eigenvalue weighted by atomic mass is 32.2. The zero-order chi connectivity index (χ0) is 19.8. The Kier molecular flexibility index (Phi) is 4.79. The highest BCUT2D eigenvalue weighted by molar-refractivity contribution is 7.89. The van der Waals surface area contributed by atoms with E-state index in [4.69, 9.17) is 9.47 Å². The van der Waals surface area contributed by atoms with Crippen molar-refractivity contribution in [3.05, 3.63) is 36.8 Å². The average molecular weight is 417 g/mol. The Bertz CT molecular complexity index is 973. The normalized spacial score (nSPS) is 20.4. The standard InChI is InChI=1S/C20H24N4O4S/c25-29(26,17-3-4-18-19(13-17)28-12-11-27-18)23-9-6-16(7-10-23)24(15-1-2-15)20-5-8-21-14-22-20/h3-5,8,13-16H,1-2,6-7,9-12H2. The van der Waals surface area contributed by atoms with Crippen LogP contribution >= 0.6 is 0 Å². The number of sulfonamides is 1. The van der Waals surface area contributed by atoms with Gasteiger partial charge in [-0.25, -0.2) is 18.4 Å². The van der Waals surface area contributed by atoms with Crippen LogP contribution in [0.4, 0.5) is 5.82 Å². The van der Waals surface area contributed by atoms with Gasteiger partial charge in [0.2, 0.25) is 10.0 Å². The molecule has 8 nitrogen and oxygen atoms in total. The van der Waals surface area contributed by atoms with Crippen LogP contribution in [0.25, 0.3) is 0 Å². The highest BCUT2D eigenvalue weighted by Crippen LogP contribution is 2.37. The lowest BCUT2D eigenvalue weighted by Crippen LogP contribution is -2.48. The van der Waals surface area contributed by atoms with E-state index in [0.717, 1.165) is 18.7 Å². The summed E-state index contributed by atoms with van der Waals surface area (Å²) >= 11 is 0. The lowest BCUT2D eigenvalue weighted by atomic mass is 10.0. The van der Waals surface area contributed by atoms with E-state index < -0.39 is 10.0 Å². The van der Waals surface area contributed by atoms with E-state index in [0.29, 0.717) is 49.9 Å². The van der Waals surface area contributed by atoms with Gasteiger partial charge in [0.1, 0.15) is 25.4 Å². The first-order valence-corrected chi connectivity index (χ1v) is 11.5. The van der Waals surface area contributed by atoms with Crippen LogP contribution in [-0.2, 0) is 10.0 Å². The summed E-state index contributed by atoms with van der Waals surface area (Å²) in [4.78, 5) is 11.1. The van der Waals surface area contributed by atoms with Gasteiger partial charge in [0.05, 0.1) is 4.90 Å². The number of fused-ring (bicyclic) bond motifs is 1. The summed E-state index contributed by atoms with van der Waals surface area (Å²) in [7, 11) is -3.56. The van der Waals surface area contributed by atoms with Crippen LogP contribution in [0.2, 0.25) is 0 Å². The summed E-state index contributed by atoms with van der Waals surface area (Å²) in [5.41, 5.74) is 0. The van der Waals surface area contributed by atoms with E-state index in [1.807, 2.05) is 6.07 Å². The molecule has 0 radical (unpaired) electrons. The molecule has 0 bridgehead atoms. The summed E-state index contributed by atoms with van der Waals surface area (Å²) in [5, 5.41) is 0. The van der Waals surface area contributed by atoms with Gasteiger partial charge in [0, 0.05) is 37.4 Å². The fraction of sp³-hybridized carbons (Fsp3) is 0.500. The van der Waals surface area contributed by atoms with Crippen LogP contribution < -0.4 is 14.4 Å². The molecule has 2 aromatic rings. The second-order valence-electron chi connectivity index (χ2n) is 7.65. The Morgan fingerprint density at radius 1 is 0.966 bits per heavy atom. The van der Waals surface area contributed by atoms with Crippen molar-refractivity contribution in [2.75, 3.05) is 31.2 Å². The predicted molar refractivity (Wildman–Crippen MR) is 107 cm³/mol. The number of rotatable bonds is 5. The second-order valence-corrected chi connectivity index (χ2v) is 9.58. The fourth-order valence-electron chi connectivity index (χ4n) is 4.16. The topological polar surface area (TPSA) is 84.9 Å². The molecular formula is C20H24N4O4S. The van der Waals surface area contributed by atoms with Gasteiger partial charge in [-0.05, 0) is 43.9 Å². The van der Waals surface area contributed by atoms with Gasteiger partial charge in [-0.15, -0.1) is 0 Å². The zero-order valence-corrected chi connectivity index (χ0v) is 16.9. The summed E-state index contributed by atoms with van der Waals surface area (Å²) in [6, 6.07) is 7.61. The molecule has 0 unspecified atom stereocenters. The molecule has 1 aliphatic carbocycles. The van der Waals surface area contributed by atoms with Crippen LogP contribution in [-0.4, -0.2) is 61.1 Å². The Labute approximate surface area is 170 Å². The minimum absolute atomic E-state index is 0.259. The van der Waals surface area contributed by atoms with Gasteiger partial charge in [-0.2, -0.15) is 4.31 Å². The molecule has 154 valence electrons. The first-order chi connectivity index (χ1) is 14.1. The second kappa shape index (κ2) is 7.46. The monoisotopic (exact) mass is 416 g/mol. The van der Waals surface area contributed by atoms with Crippen molar-refractivity contribution in [1.82, 2.24) is 14.3 Å². The van der Waals surface area contributed by atoms with Crippen molar-refractivity contribution in [1.29, 1.82) is 0 Å². The zero-order valence-electron chi connectivity index (χ0n) is 16.1. The molecule has 1 saturated carbocycles. The molecule has 1 aromatic heterocycles. The number of benzene rings is 1. The summed E-state index contributed by atoms with van der Waals surface area (Å²) in [6.45, 7) is 1.91. The number of ether oxygens (including phenoxy) is 2. The molecular weight excluding hydrogens is 392 g/mol. The molecule has 2 aliphatic heterocycles. The van der Waals surface area contributed by atoms with Crippen LogP contribution in [0.15, 0.2) is 41.7 Å². The van der Waals surface area contributed by atoms with E-state index in [-0.39, 0.29) is 4.90 Å². The molecule has 29 heavy (non-hydrogen) atoms. The molecule has 3 aliphatic rings. The maximum absolute atomic E-state index is 13.2. The summed E-state index contributed by atoms with van der Waals surface area (Å²) in [6.07, 6.45) is 7.24. The average Bonchev–Trinajstić information content (AvgIpc) is 3.60. The lowest BCUT2D eigenvalue weighted by molar-refractivity contribution is 0.171. The molecule has 2 fully saturated rings. The number of anilines is 1. The third-order valence-electron chi connectivity index (χ3n) is 5.74. The number of hydrogen-bond donors (Lipinski definition) is 0. The number of hydrogen-bond acceptors (Lipinski definition) is 7. The summed E-state index contributed by atoms with van der Waals surface area (Å²) in [5.74, 6) is 2.03. The molecule has 0 amide bonds. The molecule has 0 N–H and O–H groups in total. The van der Waals surface area contributed by atoms with Crippen molar-refractivity contribution < 1.29 is 17.9 Å². The maximum atomic E-state index is 13.2. The fourth-order valence-corrected chi connectivity index (χ4v) is 5.64. The quantitative estimate of drug-likeness (QED) is 0.738. The highest BCUT2D eigenvalue weighted by Gasteiger charge is 2.38. The number of aromatic nitrogens is 2. The number of piperidine rings is 1. The van der Waals surface area contributed by atoms with Crippen LogP contribution in [0.3, 0.4) is 0 Å². The minimum Gasteiger partial charge on any atom is -0.486 e. The smallest absolute Gasteiger partial charge is 0.243 e. The van der Waals surface area contributed by atoms with Gasteiger partial charge in [-0.3, -0.25) is 0 Å². The Morgan fingerprint density at radius 3 is 2.38 bits per heavy atom. The van der Waals surface area contributed by atoms with Crippen molar-refractivity contribution in [2.45, 2.75) is 42.7 Å². The van der Waals surface area contributed by atoms with Gasteiger partial charge < -0.3 is 14.4 Å². The Hall–Kier alpha value is -2.39. The van der Waals surface area contributed by atoms with Gasteiger partial charge in [-0.1, -0.05) is 0 Å². The van der Waals surface area contributed by atoms with Crippen LogP contribution in [0, 0.1) is 0 Å². The molecule has 5 rings (SSSR count). The van der Waals surface area contributed by atoms with Crippen LogP contribution in [0.1, 0.15) is 25.7 Å². The Balaban J connectivity index is 1.31. The third-order valence-corrected chi connectivity index (χ3v) is 7.63.